The molecule has 1 saturated carbocycles. The van der Waals surface area contributed by atoms with Gasteiger partial charge in [-0.3, -0.25) is 14.9 Å². The summed E-state index contributed by atoms with van der Waals surface area (Å²) in [6, 6.07) is 5.46. The standard InChI is InChI=1S/C22H27N5O5/c1-23-21(29)15-12-24-22(27-20(28)13-6-7-13)26-19(15)25-16-4-3-5-17(18(16)30-2)32-14-8-10-31-11-9-14/h3-5,12-14H,6-11H2,1-2H3,(H,23,29)(H2,24,25,26,27,28). The Bertz CT molecular complexity index is 989. The molecule has 2 heterocycles. The van der Waals surface area contributed by atoms with Gasteiger partial charge >= 0.3 is 0 Å². The fraction of sp³-hybridized carbons (Fsp3) is 0.455. The third kappa shape index (κ3) is 5.08. The maximum Gasteiger partial charge on any atom is 0.256 e. The van der Waals surface area contributed by atoms with Gasteiger partial charge in [0.15, 0.2) is 11.5 Å². The zero-order valence-electron chi connectivity index (χ0n) is 18.1. The number of hydrogen-bond donors (Lipinski definition) is 3. The van der Waals surface area contributed by atoms with Crippen molar-refractivity contribution in [2.45, 2.75) is 31.8 Å². The summed E-state index contributed by atoms with van der Waals surface area (Å²) in [4.78, 5) is 33.0. The highest BCUT2D eigenvalue weighted by molar-refractivity contribution is 6.00. The smallest absolute Gasteiger partial charge is 0.256 e. The number of ether oxygens (including phenoxy) is 3. The van der Waals surface area contributed by atoms with E-state index in [1.54, 1.807) is 13.2 Å². The van der Waals surface area contributed by atoms with Crippen LogP contribution in [-0.2, 0) is 9.53 Å². The molecule has 2 aliphatic rings. The SMILES string of the molecule is CNC(=O)c1cnc(NC(=O)C2CC2)nc1Nc1cccc(OC2CCOCC2)c1OC. The number of nitrogens with one attached hydrogen (secondary N) is 3. The Kier molecular flexibility index (Phi) is 6.69. The first kappa shape index (κ1) is 21.8. The molecule has 1 aliphatic heterocycles. The lowest BCUT2D eigenvalue weighted by Crippen LogP contribution is -2.26. The Morgan fingerprint density at radius 2 is 1.94 bits per heavy atom. The molecule has 0 spiro atoms. The van der Waals surface area contributed by atoms with Gasteiger partial charge in [0.2, 0.25) is 11.9 Å². The first-order valence-corrected chi connectivity index (χ1v) is 10.7. The molecule has 32 heavy (non-hydrogen) atoms. The molecule has 0 atom stereocenters. The van der Waals surface area contributed by atoms with E-state index < -0.39 is 0 Å². The predicted octanol–water partition coefficient (Wildman–Crippen LogP) is 2.49. The van der Waals surface area contributed by atoms with Crippen LogP contribution in [-0.4, -0.2) is 55.3 Å². The maximum atomic E-state index is 12.4. The summed E-state index contributed by atoms with van der Waals surface area (Å²) in [6.07, 6.45) is 4.76. The molecule has 4 rings (SSSR count). The zero-order chi connectivity index (χ0) is 22.5. The molecule has 2 amide bonds. The molecule has 170 valence electrons. The first-order chi connectivity index (χ1) is 15.6. The van der Waals surface area contributed by atoms with Crippen molar-refractivity contribution >= 4 is 29.3 Å². The van der Waals surface area contributed by atoms with Crippen molar-refractivity contribution < 1.29 is 23.8 Å². The van der Waals surface area contributed by atoms with Gasteiger partial charge in [0.1, 0.15) is 17.5 Å². The number of amides is 2. The Labute approximate surface area is 186 Å². The summed E-state index contributed by atoms with van der Waals surface area (Å²) in [7, 11) is 3.08. The van der Waals surface area contributed by atoms with Gasteiger partial charge in [-0.15, -0.1) is 0 Å². The minimum atomic E-state index is -0.360. The molecule has 0 radical (unpaired) electrons. The van der Waals surface area contributed by atoms with Crippen LogP contribution in [0.2, 0.25) is 0 Å². The Balaban J connectivity index is 1.61. The highest BCUT2D eigenvalue weighted by atomic mass is 16.5. The van der Waals surface area contributed by atoms with Crippen LogP contribution in [0, 0.1) is 5.92 Å². The number of carbonyl (C=O) groups excluding carboxylic acids is 2. The number of para-hydroxylation sites is 1. The molecule has 0 unspecified atom stereocenters. The Morgan fingerprint density at radius 1 is 1.16 bits per heavy atom. The third-order valence-electron chi connectivity index (χ3n) is 5.34. The number of nitrogens with zero attached hydrogens (tertiary/aromatic N) is 2. The highest BCUT2D eigenvalue weighted by Crippen LogP contribution is 2.38. The van der Waals surface area contributed by atoms with Gasteiger partial charge in [-0.2, -0.15) is 4.98 Å². The molecular formula is C22H27N5O5. The van der Waals surface area contributed by atoms with Gasteiger partial charge < -0.3 is 24.8 Å². The van der Waals surface area contributed by atoms with Gasteiger partial charge in [-0.1, -0.05) is 6.07 Å². The summed E-state index contributed by atoms with van der Waals surface area (Å²) in [5, 5.41) is 8.43. The fourth-order valence-corrected chi connectivity index (χ4v) is 3.41. The number of aromatic nitrogens is 2. The Hall–Kier alpha value is -3.40. The van der Waals surface area contributed by atoms with E-state index in [4.69, 9.17) is 14.2 Å². The lowest BCUT2D eigenvalue weighted by molar-refractivity contribution is -0.117. The number of carbonyl (C=O) groups is 2. The summed E-state index contributed by atoms with van der Waals surface area (Å²) >= 11 is 0. The van der Waals surface area contributed by atoms with Crippen LogP contribution >= 0.6 is 0 Å². The molecule has 1 aliphatic carbocycles. The van der Waals surface area contributed by atoms with Crippen molar-refractivity contribution in [3.8, 4) is 11.5 Å². The highest BCUT2D eigenvalue weighted by Gasteiger charge is 2.30. The number of rotatable bonds is 8. The lowest BCUT2D eigenvalue weighted by Gasteiger charge is -2.25. The van der Waals surface area contributed by atoms with Crippen molar-refractivity contribution in [3.63, 3.8) is 0 Å². The van der Waals surface area contributed by atoms with E-state index in [1.807, 2.05) is 12.1 Å². The second kappa shape index (κ2) is 9.82. The Morgan fingerprint density at radius 3 is 2.62 bits per heavy atom. The number of anilines is 3. The normalized spacial score (nSPS) is 16.2. The number of methoxy groups -OCH3 is 1. The van der Waals surface area contributed by atoms with Gasteiger partial charge in [-0.05, 0) is 25.0 Å². The van der Waals surface area contributed by atoms with Crippen LogP contribution in [0.25, 0.3) is 0 Å². The van der Waals surface area contributed by atoms with Gasteiger partial charge in [0.25, 0.3) is 5.91 Å². The van der Waals surface area contributed by atoms with Crippen LogP contribution in [0.1, 0.15) is 36.0 Å². The first-order valence-electron chi connectivity index (χ1n) is 10.7. The molecular weight excluding hydrogens is 414 g/mol. The topological polar surface area (TPSA) is 124 Å². The minimum Gasteiger partial charge on any atom is -0.491 e. The molecule has 0 bridgehead atoms. The van der Waals surface area contributed by atoms with Crippen molar-refractivity contribution in [2.24, 2.45) is 5.92 Å². The molecule has 10 nitrogen and oxygen atoms in total. The molecule has 2 fully saturated rings. The minimum absolute atomic E-state index is 0.00716. The summed E-state index contributed by atoms with van der Waals surface area (Å²) in [5.41, 5.74) is 0.801. The monoisotopic (exact) mass is 441 g/mol. The van der Waals surface area contributed by atoms with Gasteiger partial charge in [0.05, 0.1) is 26.0 Å². The summed E-state index contributed by atoms with van der Waals surface area (Å²) in [6.45, 7) is 1.33. The van der Waals surface area contributed by atoms with Crippen LogP contribution in [0.3, 0.4) is 0 Å². The van der Waals surface area contributed by atoms with Crippen LogP contribution in [0.5, 0.6) is 11.5 Å². The summed E-state index contributed by atoms with van der Waals surface area (Å²) in [5.74, 6) is 0.978. The average Bonchev–Trinajstić information content (AvgIpc) is 3.65. The van der Waals surface area contributed by atoms with E-state index in [2.05, 4.69) is 25.9 Å². The van der Waals surface area contributed by atoms with E-state index in [-0.39, 0.29) is 41.2 Å². The maximum absolute atomic E-state index is 12.4. The quantitative estimate of drug-likeness (QED) is 0.571. The van der Waals surface area contributed by atoms with Crippen LogP contribution in [0.15, 0.2) is 24.4 Å². The molecule has 10 heteroatoms. The van der Waals surface area contributed by atoms with Crippen molar-refractivity contribution in [1.82, 2.24) is 15.3 Å². The van der Waals surface area contributed by atoms with E-state index >= 15 is 0 Å². The second-order valence-electron chi connectivity index (χ2n) is 7.69. The fourth-order valence-electron chi connectivity index (χ4n) is 3.41. The number of hydrogen-bond acceptors (Lipinski definition) is 8. The van der Waals surface area contributed by atoms with E-state index in [9.17, 15) is 9.59 Å². The van der Waals surface area contributed by atoms with E-state index in [0.717, 1.165) is 25.7 Å². The lowest BCUT2D eigenvalue weighted by atomic mass is 10.1. The average molecular weight is 441 g/mol. The van der Waals surface area contributed by atoms with Crippen LogP contribution < -0.4 is 25.4 Å². The van der Waals surface area contributed by atoms with Crippen molar-refractivity contribution in [2.75, 3.05) is 38.0 Å². The molecule has 1 aromatic carbocycles. The third-order valence-corrected chi connectivity index (χ3v) is 5.34. The molecule has 1 saturated heterocycles. The molecule has 3 N–H and O–H groups in total. The van der Waals surface area contributed by atoms with Gasteiger partial charge in [0, 0.05) is 32.0 Å². The molecule has 2 aromatic rings. The molecule has 1 aromatic heterocycles. The van der Waals surface area contributed by atoms with Gasteiger partial charge in [-0.25, -0.2) is 4.98 Å². The largest absolute Gasteiger partial charge is 0.491 e. The summed E-state index contributed by atoms with van der Waals surface area (Å²) < 4.78 is 17.2. The zero-order valence-corrected chi connectivity index (χ0v) is 18.1. The van der Waals surface area contributed by atoms with Crippen LogP contribution in [0.4, 0.5) is 17.5 Å². The van der Waals surface area contributed by atoms with Crippen molar-refractivity contribution in [3.05, 3.63) is 30.0 Å². The van der Waals surface area contributed by atoms with E-state index in [0.29, 0.717) is 30.4 Å². The number of benzene rings is 1. The van der Waals surface area contributed by atoms with E-state index in [1.165, 1.54) is 13.2 Å². The van der Waals surface area contributed by atoms with Crippen molar-refractivity contribution in [1.29, 1.82) is 0 Å². The second-order valence-corrected chi connectivity index (χ2v) is 7.69. The predicted molar refractivity (Wildman–Crippen MR) is 118 cm³/mol.